The molecule has 0 aromatic rings. The molecule has 1 atom stereocenters. The standard InChI is InChI=1S/C13H24N2/c1-6-12-9-10-14(5)13(11(12)4)15(7-2)8-3/h9-10,12H,6-8H2,1-5H3. The molecule has 0 saturated carbocycles. The second-order valence-electron chi connectivity index (χ2n) is 4.15. The van der Waals surface area contributed by atoms with Crippen LogP contribution in [0.3, 0.4) is 0 Å². The van der Waals surface area contributed by atoms with Crippen molar-refractivity contribution in [1.29, 1.82) is 0 Å². The van der Waals surface area contributed by atoms with Crippen molar-refractivity contribution in [2.45, 2.75) is 34.1 Å². The summed E-state index contributed by atoms with van der Waals surface area (Å²) in [7, 11) is 2.14. The van der Waals surface area contributed by atoms with Crippen molar-refractivity contribution in [2.75, 3.05) is 20.1 Å². The van der Waals surface area contributed by atoms with Crippen LogP contribution in [-0.4, -0.2) is 29.9 Å². The summed E-state index contributed by atoms with van der Waals surface area (Å²) in [6.07, 6.45) is 5.71. The van der Waals surface area contributed by atoms with E-state index in [0.29, 0.717) is 5.92 Å². The molecule has 0 amide bonds. The molecule has 0 N–H and O–H groups in total. The van der Waals surface area contributed by atoms with Gasteiger partial charge in [0.15, 0.2) is 0 Å². The Morgan fingerprint density at radius 2 is 1.87 bits per heavy atom. The highest BCUT2D eigenvalue weighted by Crippen LogP contribution is 2.28. The van der Waals surface area contributed by atoms with Gasteiger partial charge in [-0.3, -0.25) is 0 Å². The second kappa shape index (κ2) is 5.24. The van der Waals surface area contributed by atoms with Crippen molar-refractivity contribution < 1.29 is 0 Å². The molecule has 15 heavy (non-hydrogen) atoms. The van der Waals surface area contributed by atoms with Crippen molar-refractivity contribution in [3.63, 3.8) is 0 Å². The highest BCUT2D eigenvalue weighted by atomic mass is 15.3. The molecule has 86 valence electrons. The first-order valence-corrected chi connectivity index (χ1v) is 6.02. The summed E-state index contributed by atoms with van der Waals surface area (Å²) in [6.45, 7) is 11.1. The number of allylic oxidation sites excluding steroid dienone is 2. The molecule has 2 nitrogen and oxygen atoms in total. The van der Waals surface area contributed by atoms with E-state index in [4.69, 9.17) is 0 Å². The van der Waals surface area contributed by atoms with Gasteiger partial charge >= 0.3 is 0 Å². The SMILES string of the molecule is CCC1C=CN(C)C(N(CC)CC)=C1C. The minimum atomic E-state index is 0.622. The largest absolute Gasteiger partial charge is 0.359 e. The number of hydrogen-bond donors (Lipinski definition) is 0. The lowest BCUT2D eigenvalue weighted by Gasteiger charge is -2.36. The first kappa shape index (κ1) is 12.2. The van der Waals surface area contributed by atoms with Gasteiger partial charge in [0.1, 0.15) is 5.82 Å². The van der Waals surface area contributed by atoms with Gasteiger partial charge in [-0.05, 0) is 32.8 Å². The molecular weight excluding hydrogens is 184 g/mol. The molecule has 1 unspecified atom stereocenters. The van der Waals surface area contributed by atoms with Crippen LogP contribution in [0.25, 0.3) is 0 Å². The van der Waals surface area contributed by atoms with E-state index in [1.165, 1.54) is 17.8 Å². The Morgan fingerprint density at radius 3 is 2.33 bits per heavy atom. The minimum absolute atomic E-state index is 0.622. The minimum Gasteiger partial charge on any atom is -0.359 e. The van der Waals surface area contributed by atoms with Gasteiger partial charge < -0.3 is 9.80 Å². The smallest absolute Gasteiger partial charge is 0.107 e. The lowest BCUT2D eigenvalue weighted by atomic mass is 9.95. The van der Waals surface area contributed by atoms with Crippen molar-refractivity contribution in [1.82, 2.24) is 9.80 Å². The number of hydrogen-bond acceptors (Lipinski definition) is 2. The molecule has 0 aromatic carbocycles. The lowest BCUT2D eigenvalue weighted by Crippen LogP contribution is -2.34. The average Bonchev–Trinajstić information content (AvgIpc) is 2.24. The van der Waals surface area contributed by atoms with Gasteiger partial charge in [0.2, 0.25) is 0 Å². The van der Waals surface area contributed by atoms with Gasteiger partial charge in [-0.25, -0.2) is 0 Å². The second-order valence-corrected chi connectivity index (χ2v) is 4.15. The Labute approximate surface area is 94.3 Å². The third kappa shape index (κ3) is 2.36. The van der Waals surface area contributed by atoms with Gasteiger partial charge in [-0.1, -0.05) is 13.0 Å². The van der Waals surface area contributed by atoms with Crippen LogP contribution in [0, 0.1) is 5.92 Å². The highest BCUT2D eigenvalue weighted by molar-refractivity contribution is 5.23. The molecule has 1 aliphatic rings. The third-order valence-electron chi connectivity index (χ3n) is 3.29. The quantitative estimate of drug-likeness (QED) is 0.700. The fourth-order valence-corrected chi connectivity index (χ4v) is 2.33. The number of nitrogens with zero attached hydrogens (tertiary/aromatic N) is 2. The molecule has 1 aliphatic heterocycles. The van der Waals surface area contributed by atoms with Crippen molar-refractivity contribution in [3.05, 3.63) is 23.7 Å². The lowest BCUT2D eigenvalue weighted by molar-refractivity contribution is 0.277. The monoisotopic (exact) mass is 208 g/mol. The molecule has 0 saturated heterocycles. The summed E-state index contributed by atoms with van der Waals surface area (Å²) in [4.78, 5) is 4.68. The van der Waals surface area contributed by atoms with Gasteiger partial charge in [-0.2, -0.15) is 0 Å². The molecule has 0 radical (unpaired) electrons. The van der Waals surface area contributed by atoms with Crippen molar-refractivity contribution in [3.8, 4) is 0 Å². The van der Waals surface area contributed by atoms with Crippen molar-refractivity contribution in [2.24, 2.45) is 5.92 Å². The average molecular weight is 208 g/mol. The van der Waals surface area contributed by atoms with Crippen LogP contribution < -0.4 is 0 Å². The van der Waals surface area contributed by atoms with E-state index in [-0.39, 0.29) is 0 Å². The molecule has 0 bridgehead atoms. The molecule has 0 fully saturated rings. The Balaban J connectivity index is 2.99. The Bertz CT molecular complexity index is 262. The molecular formula is C13H24N2. The van der Waals surface area contributed by atoms with Gasteiger partial charge in [0.25, 0.3) is 0 Å². The third-order valence-corrected chi connectivity index (χ3v) is 3.29. The van der Waals surface area contributed by atoms with Gasteiger partial charge in [0.05, 0.1) is 0 Å². The molecule has 0 aliphatic carbocycles. The molecule has 2 heteroatoms. The molecule has 0 spiro atoms. The van der Waals surface area contributed by atoms with Crippen LogP contribution >= 0.6 is 0 Å². The van der Waals surface area contributed by atoms with E-state index in [2.05, 4.69) is 56.8 Å². The van der Waals surface area contributed by atoms with Crippen LogP contribution in [0.5, 0.6) is 0 Å². The summed E-state index contributed by atoms with van der Waals surface area (Å²) < 4.78 is 0. The highest BCUT2D eigenvalue weighted by Gasteiger charge is 2.20. The Morgan fingerprint density at radius 1 is 1.27 bits per heavy atom. The number of rotatable bonds is 4. The fourth-order valence-electron chi connectivity index (χ4n) is 2.33. The van der Waals surface area contributed by atoms with Crippen LogP contribution in [0.2, 0.25) is 0 Å². The summed E-state index contributed by atoms with van der Waals surface area (Å²) in [5, 5.41) is 0. The van der Waals surface area contributed by atoms with E-state index >= 15 is 0 Å². The summed E-state index contributed by atoms with van der Waals surface area (Å²) in [5.74, 6) is 2.02. The fraction of sp³-hybridized carbons (Fsp3) is 0.692. The maximum atomic E-state index is 2.43. The summed E-state index contributed by atoms with van der Waals surface area (Å²) in [6, 6.07) is 0. The van der Waals surface area contributed by atoms with E-state index in [1.807, 2.05) is 0 Å². The van der Waals surface area contributed by atoms with E-state index in [1.54, 1.807) is 0 Å². The zero-order valence-corrected chi connectivity index (χ0v) is 10.7. The van der Waals surface area contributed by atoms with Crippen molar-refractivity contribution >= 4 is 0 Å². The predicted octanol–water partition coefficient (Wildman–Crippen LogP) is 3.05. The Kier molecular flexibility index (Phi) is 4.25. The topological polar surface area (TPSA) is 6.48 Å². The zero-order chi connectivity index (χ0) is 11.4. The first-order valence-electron chi connectivity index (χ1n) is 6.02. The zero-order valence-electron chi connectivity index (χ0n) is 10.7. The maximum absolute atomic E-state index is 2.43. The Hall–Kier alpha value is -0.920. The van der Waals surface area contributed by atoms with Crippen LogP contribution in [0.1, 0.15) is 34.1 Å². The first-order chi connectivity index (χ1) is 7.15. The molecule has 1 rings (SSSR count). The van der Waals surface area contributed by atoms with E-state index in [9.17, 15) is 0 Å². The van der Waals surface area contributed by atoms with Gasteiger partial charge in [0, 0.05) is 32.3 Å². The normalized spacial score (nSPS) is 21.1. The summed E-state index contributed by atoms with van der Waals surface area (Å²) in [5.41, 5.74) is 1.51. The summed E-state index contributed by atoms with van der Waals surface area (Å²) >= 11 is 0. The molecule has 1 heterocycles. The van der Waals surface area contributed by atoms with Crippen LogP contribution in [0.4, 0.5) is 0 Å². The van der Waals surface area contributed by atoms with Crippen LogP contribution in [-0.2, 0) is 0 Å². The molecule has 0 aromatic heterocycles. The van der Waals surface area contributed by atoms with E-state index < -0.39 is 0 Å². The van der Waals surface area contributed by atoms with Crippen LogP contribution in [0.15, 0.2) is 23.7 Å². The van der Waals surface area contributed by atoms with E-state index in [0.717, 1.165) is 13.1 Å². The van der Waals surface area contributed by atoms with Gasteiger partial charge in [-0.15, -0.1) is 0 Å². The maximum Gasteiger partial charge on any atom is 0.107 e. The predicted molar refractivity (Wildman–Crippen MR) is 66.3 cm³/mol.